The lowest BCUT2D eigenvalue weighted by atomic mass is 10.2. The Labute approximate surface area is 77.9 Å². The van der Waals surface area contributed by atoms with E-state index in [9.17, 15) is 4.79 Å². The van der Waals surface area contributed by atoms with Crippen LogP contribution in [-0.2, 0) is 10.8 Å². The normalized spacial score (nSPS) is 10.4. The maximum atomic E-state index is 10.6. The number of hydrogen-bond acceptors (Lipinski definition) is 3. The van der Waals surface area contributed by atoms with E-state index >= 15 is 0 Å². The Balaban J connectivity index is 2.92. The summed E-state index contributed by atoms with van der Waals surface area (Å²) in [7, 11) is 0. The molecule has 0 aliphatic rings. The van der Waals surface area contributed by atoms with Crippen LogP contribution in [-0.4, -0.2) is 0 Å². The molecule has 0 fully saturated rings. The summed E-state index contributed by atoms with van der Waals surface area (Å²) in [6, 6.07) is 0. The summed E-state index contributed by atoms with van der Waals surface area (Å²) in [5.41, 5.74) is 0. The van der Waals surface area contributed by atoms with Crippen molar-refractivity contribution >= 4 is 22.6 Å². The monoisotopic (exact) mass is 268 g/mol. The Hall–Kier alpha value is -0.260. The molecule has 1 aromatic heterocycles. The van der Waals surface area contributed by atoms with E-state index in [0.29, 0.717) is 15.9 Å². The van der Waals surface area contributed by atoms with Crippen molar-refractivity contribution in [1.82, 2.24) is 0 Å². The first-order valence-corrected chi connectivity index (χ1v) is 4.98. The molecule has 0 radical (unpaired) electrons. The van der Waals surface area contributed by atoms with E-state index in [1.54, 1.807) is 0 Å². The summed E-state index contributed by atoms with van der Waals surface area (Å²) >= 11 is 2.14. The fourth-order valence-electron chi connectivity index (χ4n) is 0.855. The van der Waals surface area contributed by atoms with Crippen molar-refractivity contribution in [1.29, 1.82) is 0 Å². The predicted octanol–water partition coefficient (Wildman–Crippen LogP) is 2.12. The molecule has 11 heavy (non-hydrogen) atoms. The van der Waals surface area contributed by atoms with Gasteiger partial charge in [0, 0.05) is 6.42 Å². The molecule has 1 rings (SSSR count). The van der Waals surface area contributed by atoms with Gasteiger partial charge in [0.25, 0.3) is 0 Å². The zero-order valence-corrected chi connectivity index (χ0v) is 8.38. The van der Waals surface area contributed by atoms with Gasteiger partial charge in [-0.05, 0) is 6.42 Å². The SMILES string of the molecule is CCCc1oc(=O)oc1CI. The summed E-state index contributed by atoms with van der Waals surface area (Å²) in [4.78, 5) is 10.6. The molecule has 0 N–H and O–H groups in total. The summed E-state index contributed by atoms with van der Waals surface area (Å²) in [5, 5.41) is 0. The van der Waals surface area contributed by atoms with Gasteiger partial charge >= 0.3 is 5.82 Å². The fraction of sp³-hybridized carbons (Fsp3) is 0.571. The predicted molar refractivity (Wildman–Crippen MR) is 49.0 cm³/mol. The van der Waals surface area contributed by atoms with Crippen molar-refractivity contribution in [3.05, 3.63) is 22.1 Å². The first-order valence-electron chi connectivity index (χ1n) is 3.45. The van der Waals surface area contributed by atoms with Crippen LogP contribution >= 0.6 is 22.6 Å². The quantitative estimate of drug-likeness (QED) is 0.623. The van der Waals surface area contributed by atoms with E-state index < -0.39 is 5.82 Å². The third-order valence-electron chi connectivity index (χ3n) is 1.32. The maximum Gasteiger partial charge on any atom is 0.519 e. The second-order valence-electron chi connectivity index (χ2n) is 2.18. The molecule has 1 heterocycles. The Morgan fingerprint density at radius 2 is 2.00 bits per heavy atom. The molecule has 0 aliphatic carbocycles. The topological polar surface area (TPSA) is 43.4 Å². The van der Waals surface area contributed by atoms with E-state index in [4.69, 9.17) is 8.83 Å². The van der Waals surface area contributed by atoms with E-state index in [-0.39, 0.29) is 0 Å². The van der Waals surface area contributed by atoms with Gasteiger partial charge in [-0.3, -0.25) is 0 Å². The van der Waals surface area contributed by atoms with Crippen molar-refractivity contribution in [3.8, 4) is 0 Å². The van der Waals surface area contributed by atoms with Crippen molar-refractivity contribution in [2.24, 2.45) is 0 Å². The number of halogens is 1. The van der Waals surface area contributed by atoms with Crippen LogP contribution in [0.3, 0.4) is 0 Å². The minimum atomic E-state index is -0.583. The van der Waals surface area contributed by atoms with Gasteiger partial charge in [0.1, 0.15) is 0 Å². The van der Waals surface area contributed by atoms with Crippen LogP contribution < -0.4 is 5.82 Å². The first-order chi connectivity index (χ1) is 5.27. The average Bonchev–Trinajstić information content (AvgIpc) is 2.32. The van der Waals surface area contributed by atoms with Crippen LogP contribution in [0.4, 0.5) is 0 Å². The van der Waals surface area contributed by atoms with Crippen LogP contribution in [0.15, 0.2) is 13.6 Å². The first kappa shape index (κ1) is 8.83. The molecule has 0 saturated heterocycles. The molecule has 0 aromatic carbocycles. The second-order valence-corrected chi connectivity index (χ2v) is 2.95. The van der Waals surface area contributed by atoms with E-state index in [0.717, 1.165) is 12.8 Å². The average molecular weight is 268 g/mol. The minimum Gasteiger partial charge on any atom is -0.396 e. The van der Waals surface area contributed by atoms with Gasteiger partial charge < -0.3 is 8.83 Å². The Bertz CT molecular complexity index is 273. The highest BCUT2D eigenvalue weighted by Crippen LogP contribution is 2.12. The third-order valence-corrected chi connectivity index (χ3v) is 2.02. The molecule has 4 heteroatoms. The van der Waals surface area contributed by atoms with Gasteiger partial charge in [0.15, 0.2) is 11.5 Å². The molecule has 1 aromatic rings. The van der Waals surface area contributed by atoms with Crippen LogP contribution in [0.1, 0.15) is 24.9 Å². The van der Waals surface area contributed by atoms with Crippen molar-refractivity contribution < 1.29 is 8.83 Å². The second kappa shape index (κ2) is 3.94. The molecule has 0 amide bonds. The van der Waals surface area contributed by atoms with E-state index in [2.05, 4.69) is 22.6 Å². The largest absolute Gasteiger partial charge is 0.519 e. The summed E-state index contributed by atoms with van der Waals surface area (Å²) in [5.74, 6) is 0.796. The third kappa shape index (κ3) is 2.08. The molecule has 62 valence electrons. The zero-order valence-electron chi connectivity index (χ0n) is 6.22. The Morgan fingerprint density at radius 3 is 2.55 bits per heavy atom. The van der Waals surface area contributed by atoms with Crippen molar-refractivity contribution in [2.75, 3.05) is 0 Å². The summed E-state index contributed by atoms with van der Waals surface area (Å²) < 4.78 is 10.3. The molecule has 0 aliphatic heterocycles. The van der Waals surface area contributed by atoms with E-state index in [1.165, 1.54) is 0 Å². The highest BCUT2D eigenvalue weighted by Gasteiger charge is 2.09. The van der Waals surface area contributed by atoms with Crippen molar-refractivity contribution in [2.45, 2.75) is 24.2 Å². The molecule has 3 nitrogen and oxygen atoms in total. The lowest BCUT2D eigenvalue weighted by Gasteiger charge is -1.90. The number of hydrogen-bond donors (Lipinski definition) is 0. The highest BCUT2D eigenvalue weighted by atomic mass is 127. The lowest BCUT2D eigenvalue weighted by molar-refractivity contribution is 0.368. The standard InChI is InChI=1S/C7H9IO3/c1-2-3-5-6(4-8)11-7(9)10-5/h2-4H2,1H3. The van der Waals surface area contributed by atoms with Crippen LogP contribution in [0, 0.1) is 0 Å². The van der Waals surface area contributed by atoms with Crippen molar-refractivity contribution in [3.63, 3.8) is 0 Å². The summed E-state index contributed by atoms with van der Waals surface area (Å²) in [6.45, 7) is 2.03. The molecule has 0 saturated carbocycles. The van der Waals surface area contributed by atoms with Gasteiger partial charge in [0.05, 0.1) is 4.43 Å². The molecule has 0 bridgehead atoms. The van der Waals surface area contributed by atoms with Crippen LogP contribution in [0.5, 0.6) is 0 Å². The number of alkyl halides is 1. The maximum absolute atomic E-state index is 10.6. The summed E-state index contributed by atoms with van der Waals surface area (Å²) in [6.07, 6.45) is 1.75. The Morgan fingerprint density at radius 1 is 1.36 bits per heavy atom. The lowest BCUT2D eigenvalue weighted by Crippen LogP contribution is -1.86. The van der Waals surface area contributed by atoms with Gasteiger partial charge in [-0.2, -0.15) is 0 Å². The van der Waals surface area contributed by atoms with Gasteiger partial charge in [0.2, 0.25) is 0 Å². The molecule has 0 atom stereocenters. The smallest absolute Gasteiger partial charge is 0.396 e. The van der Waals surface area contributed by atoms with Gasteiger partial charge in [-0.25, -0.2) is 4.79 Å². The fourth-order valence-corrected chi connectivity index (χ4v) is 1.44. The zero-order chi connectivity index (χ0) is 8.27. The Kier molecular flexibility index (Phi) is 3.16. The number of rotatable bonds is 3. The van der Waals surface area contributed by atoms with E-state index in [1.807, 2.05) is 6.92 Å². The molecule has 0 spiro atoms. The molecule has 0 unspecified atom stereocenters. The van der Waals surface area contributed by atoms with Gasteiger partial charge in [-0.15, -0.1) is 0 Å². The van der Waals surface area contributed by atoms with Crippen LogP contribution in [0.25, 0.3) is 0 Å². The van der Waals surface area contributed by atoms with Crippen LogP contribution in [0.2, 0.25) is 0 Å². The molecular weight excluding hydrogens is 259 g/mol. The van der Waals surface area contributed by atoms with Gasteiger partial charge in [-0.1, -0.05) is 29.5 Å². The number of aryl methyl sites for hydroxylation is 1. The highest BCUT2D eigenvalue weighted by molar-refractivity contribution is 14.1. The molecular formula is C7H9IO3. The minimum absolute atomic E-state index is 0.583.